The molecule has 0 aliphatic carbocycles. The molecular weight excluding hydrogens is 254 g/mol. The van der Waals surface area contributed by atoms with E-state index in [0.717, 1.165) is 0 Å². The predicted octanol–water partition coefficient (Wildman–Crippen LogP) is 3.09. The smallest absolute Gasteiger partial charge is 0.395 e. The van der Waals surface area contributed by atoms with E-state index >= 15 is 0 Å². The van der Waals surface area contributed by atoms with Gasteiger partial charge >= 0.3 is 6.29 Å². The standard InChI is InChI=1S/C14H10F2O3/c15-14(16)18-11-7-6-10(8-12(11)19-14)13(17)9-4-2-1-3-5-9/h1-8,13,17H. The Hall–Kier alpha value is -2.14. The first-order valence-corrected chi connectivity index (χ1v) is 5.68. The largest absolute Gasteiger partial charge is 0.586 e. The number of aliphatic hydroxyl groups is 1. The normalized spacial score (nSPS) is 17.2. The molecule has 1 atom stereocenters. The Morgan fingerprint density at radius 3 is 2.32 bits per heavy atom. The zero-order chi connectivity index (χ0) is 13.5. The number of fused-ring (bicyclic) bond motifs is 1. The molecule has 0 fully saturated rings. The number of alkyl halides is 2. The van der Waals surface area contributed by atoms with Crippen molar-refractivity contribution in [2.45, 2.75) is 12.4 Å². The summed E-state index contributed by atoms with van der Waals surface area (Å²) < 4.78 is 34.4. The van der Waals surface area contributed by atoms with Gasteiger partial charge in [0.25, 0.3) is 0 Å². The van der Waals surface area contributed by atoms with E-state index in [2.05, 4.69) is 9.47 Å². The molecule has 5 heteroatoms. The Balaban J connectivity index is 1.92. The average Bonchev–Trinajstić information content (AvgIpc) is 2.71. The van der Waals surface area contributed by atoms with E-state index in [1.165, 1.54) is 18.2 Å². The van der Waals surface area contributed by atoms with Crippen LogP contribution in [0.3, 0.4) is 0 Å². The Bertz CT molecular complexity index is 599. The lowest BCUT2D eigenvalue weighted by atomic mass is 10.0. The van der Waals surface area contributed by atoms with Crippen molar-refractivity contribution in [2.24, 2.45) is 0 Å². The van der Waals surface area contributed by atoms with Crippen LogP contribution in [0.15, 0.2) is 48.5 Å². The highest BCUT2D eigenvalue weighted by atomic mass is 19.3. The number of aliphatic hydroxyl groups excluding tert-OH is 1. The first kappa shape index (κ1) is 11.9. The monoisotopic (exact) mass is 264 g/mol. The number of benzene rings is 2. The third kappa shape index (κ3) is 2.24. The van der Waals surface area contributed by atoms with Gasteiger partial charge in [0.05, 0.1) is 0 Å². The summed E-state index contributed by atoms with van der Waals surface area (Å²) in [6, 6.07) is 13.2. The van der Waals surface area contributed by atoms with Crippen LogP contribution in [-0.2, 0) is 0 Å². The van der Waals surface area contributed by atoms with E-state index in [0.29, 0.717) is 11.1 Å². The zero-order valence-corrected chi connectivity index (χ0v) is 9.72. The molecule has 1 aliphatic rings. The van der Waals surface area contributed by atoms with Gasteiger partial charge in [-0.1, -0.05) is 36.4 Å². The van der Waals surface area contributed by atoms with Crippen LogP contribution in [0.1, 0.15) is 17.2 Å². The topological polar surface area (TPSA) is 38.7 Å². The van der Waals surface area contributed by atoms with Crippen LogP contribution in [0.25, 0.3) is 0 Å². The average molecular weight is 264 g/mol. The molecule has 1 aliphatic heterocycles. The second-order valence-corrected chi connectivity index (χ2v) is 4.19. The molecular formula is C14H10F2O3. The summed E-state index contributed by atoms with van der Waals surface area (Å²) in [7, 11) is 0. The summed E-state index contributed by atoms with van der Waals surface area (Å²) in [6.07, 6.45) is -4.54. The van der Waals surface area contributed by atoms with Gasteiger partial charge in [-0.05, 0) is 23.3 Å². The lowest BCUT2D eigenvalue weighted by Gasteiger charge is -2.11. The van der Waals surface area contributed by atoms with Gasteiger partial charge in [-0.25, -0.2) is 0 Å². The van der Waals surface area contributed by atoms with Gasteiger partial charge < -0.3 is 14.6 Å². The molecule has 1 N–H and O–H groups in total. The molecule has 0 aromatic heterocycles. The Labute approximate surface area is 108 Å². The molecule has 0 radical (unpaired) electrons. The van der Waals surface area contributed by atoms with Crippen LogP contribution in [0.2, 0.25) is 0 Å². The van der Waals surface area contributed by atoms with Gasteiger partial charge in [0, 0.05) is 0 Å². The van der Waals surface area contributed by atoms with Gasteiger partial charge in [-0.3, -0.25) is 0 Å². The fraction of sp³-hybridized carbons (Fsp3) is 0.143. The second kappa shape index (κ2) is 4.20. The molecule has 19 heavy (non-hydrogen) atoms. The lowest BCUT2D eigenvalue weighted by molar-refractivity contribution is -0.286. The second-order valence-electron chi connectivity index (χ2n) is 4.19. The zero-order valence-electron chi connectivity index (χ0n) is 9.72. The summed E-state index contributed by atoms with van der Waals surface area (Å²) in [5.41, 5.74) is 1.14. The van der Waals surface area contributed by atoms with Crippen LogP contribution < -0.4 is 9.47 Å². The minimum absolute atomic E-state index is 0.0333. The molecule has 0 saturated carbocycles. The van der Waals surface area contributed by atoms with Crippen LogP contribution >= 0.6 is 0 Å². The molecule has 0 amide bonds. The van der Waals surface area contributed by atoms with E-state index in [9.17, 15) is 13.9 Å². The van der Waals surface area contributed by atoms with Gasteiger partial charge in [0.2, 0.25) is 0 Å². The Morgan fingerprint density at radius 2 is 1.58 bits per heavy atom. The highest BCUT2D eigenvalue weighted by molar-refractivity contribution is 5.47. The van der Waals surface area contributed by atoms with Gasteiger partial charge in [0.15, 0.2) is 11.5 Å². The summed E-state index contributed by atoms with van der Waals surface area (Å²) in [5, 5.41) is 10.2. The predicted molar refractivity (Wildman–Crippen MR) is 63.1 cm³/mol. The van der Waals surface area contributed by atoms with E-state index in [1.54, 1.807) is 24.3 Å². The Kier molecular flexibility index (Phi) is 2.64. The third-order valence-electron chi connectivity index (χ3n) is 2.86. The van der Waals surface area contributed by atoms with Crippen molar-refractivity contribution in [3.8, 4) is 11.5 Å². The number of rotatable bonds is 2. The molecule has 2 aromatic rings. The molecule has 3 nitrogen and oxygen atoms in total. The molecule has 0 spiro atoms. The first-order valence-electron chi connectivity index (χ1n) is 5.68. The number of halogens is 2. The minimum Gasteiger partial charge on any atom is -0.395 e. The molecule has 0 bridgehead atoms. The number of hydrogen-bond acceptors (Lipinski definition) is 3. The third-order valence-corrected chi connectivity index (χ3v) is 2.86. The van der Waals surface area contributed by atoms with E-state index in [-0.39, 0.29) is 11.5 Å². The molecule has 98 valence electrons. The summed E-state index contributed by atoms with van der Waals surface area (Å²) in [6.45, 7) is 0. The Morgan fingerprint density at radius 1 is 0.895 bits per heavy atom. The van der Waals surface area contributed by atoms with Crippen molar-refractivity contribution >= 4 is 0 Å². The highest BCUT2D eigenvalue weighted by Crippen LogP contribution is 2.42. The maximum atomic E-state index is 12.9. The fourth-order valence-corrected chi connectivity index (χ4v) is 1.96. The molecule has 3 rings (SSSR count). The molecule has 0 saturated heterocycles. The quantitative estimate of drug-likeness (QED) is 0.905. The van der Waals surface area contributed by atoms with Crippen molar-refractivity contribution in [2.75, 3.05) is 0 Å². The van der Waals surface area contributed by atoms with Crippen LogP contribution in [0.5, 0.6) is 11.5 Å². The lowest BCUT2D eigenvalue weighted by Crippen LogP contribution is -2.25. The summed E-state index contributed by atoms with van der Waals surface area (Å²) >= 11 is 0. The van der Waals surface area contributed by atoms with E-state index in [4.69, 9.17) is 0 Å². The van der Waals surface area contributed by atoms with Crippen molar-refractivity contribution in [1.29, 1.82) is 0 Å². The summed E-state index contributed by atoms with van der Waals surface area (Å²) in [4.78, 5) is 0. The SMILES string of the molecule is OC(c1ccccc1)c1ccc2c(c1)OC(F)(F)O2. The molecule has 1 unspecified atom stereocenters. The van der Waals surface area contributed by atoms with Crippen molar-refractivity contribution in [3.05, 3.63) is 59.7 Å². The maximum Gasteiger partial charge on any atom is 0.586 e. The minimum atomic E-state index is -3.64. The number of hydrogen-bond donors (Lipinski definition) is 1. The first-order chi connectivity index (χ1) is 9.05. The summed E-state index contributed by atoms with van der Waals surface area (Å²) in [5.74, 6) is -0.105. The van der Waals surface area contributed by atoms with Crippen LogP contribution in [-0.4, -0.2) is 11.4 Å². The van der Waals surface area contributed by atoms with Crippen LogP contribution in [0, 0.1) is 0 Å². The van der Waals surface area contributed by atoms with E-state index < -0.39 is 12.4 Å². The molecule has 1 heterocycles. The van der Waals surface area contributed by atoms with Crippen LogP contribution in [0.4, 0.5) is 8.78 Å². The maximum absolute atomic E-state index is 12.9. The van der Waals surface area contributed by atoms with E-state index in [1.807, 2.05) is 6.07 Å². The number of ether oxygens (including phenoxy) is 2. The van der Waals surface area contributed by atoms with Gasteiger partial charge in [-0.2, -0.15) is 0 Å². The highest BCUT2D eigenvalue weighted by Gasteiger charge is 2.43. The van der Waals surface area contributed by atoms with Crippen molar-refractivity contribution in [1.82, 2.24) is 0 Å². The van der Waals surface area contributed by atoms with Crippen molar-refractivity contribution < 1.29 is 23.4 Å². The van der Waals surface area contributed by atoms with Gasteiger partial charge in [0.1, 0.15) is 6.10 Å². The van der Waals surface area contributed by atoms with Gasteiger partial charge in [-0.15, -0.1) is 8.78 Å². The van der Waals surface area contributed by atoms with Crippen molar-refractivity contribution in [3.63, 3.8) is 0 Å². The fourth-order valence-electron chi connectivity index (χ4n) is 1.96. The molecule has 2 aromatic carbocycles.